The number of aryl methyl sites for hydroxylation is 1. The lowest BCUT2D eigenvalue weighted by molar-refractivity contribution is 1.25. The maximum absolute atomic E-state index is 6.65. The standard InChI is InChI=1S/C8H10N4.2CH4.B/c1-6-4-7(10)2-3-8(6)12-11-5-9;;;/h2-5,9H,10H2,1H3;2*1H4;. The first-order valence-electron chi connectivity index (χ1n) is 3.50. The lowest BCUT2D eigenvalue weighted by atomic mass is 10.2. The first kappa shape index (κ1) is 19.0. The topological polar surface area (TPSA) is 74.6 Å². The van der Waals surface area contributed by atoms with E-state index in [2.05, 4.69) is 10.2 Å². The SMILES string of the molecule is C.C.Cc1cc(N)ccc1N=NC=N.[B]. The minimum Gasteiger partial charge on any atom is -0.399 e. The van der Waals surface area contributed by atoms with Crippen molar-refractivity contribution >= 4 is 26.1 Å². The molecule has 1 rings (SSSR count). The van der Waals surface area contributed by atoms with Gasteiger partial charge in [-0.1, -0.05) is 14.9 Å². The quantitative estimate of drug-likeness (QED) is 0.251. The van der Waals surface area contributed by atoms with Crippen molar-refractivity contribution in [1.82, 2.24) is 0 Å². The third kappa shape index (κ3) is 5.62. The second-order valence-electron chi connectivity index (χ2n) is 2.39. The average Bonchev–Trinajstić information content (AvgIpc) is 2.03. The van der Waals surface area contributed by atoms with Crippen LogP contribution in [0.25, 0.3) is 0 Å². The van der Waals surface area contributed by atoms with E-state index in [0.29, 0.717) is 5.69 Å². The molecular weight excluding hydrogens is 187 g/mol. The van der Waals surface area contributed by atoms with Crippen LogP contribution < -0.4 is 5.73 Å². The first-order valence-corrected chi connectivity index (χ1v) is 3.50. The van der Waals surface area contributed by atoms with Gasteiger partial charge in [0.25, 0.3) is 0 Å². The fourth-order valence-electron chi connectivity index (χ4n) is 0.882. The summed E-state index contributed by atoms with van der Waals surface area (Å²) >= 11 is 0. The largest absolute Gasteiger partial charge is 0.399 e. The molecule has 0 aliphatic carbocycles. The van der Waals surface area contributed by atoms with E-state index in [9.17, 15) is 0 Å². The molecular formula is C10H18BN4. The molecule has 0 aromatic heterocycles. The highest BCUT2D eigenvalue weighted by Crippen LogP contribution is 2.20. The van der Waals surface area contributed by atoms with Crippen molar-refractivity contribution in [2.75, 3.05) is 5.73 Å². The molecule has 1 aromatic carbocycles. The van der Waals surface area contributed by atoms with E-state index >= 15 is 0 Å². The van der Waals surface area contributed by atoms with Crippen LogP contribution in [0.5, 0.6) is 0 Å². The van der Waals surface area contributed by atoms with E-state index in [-0.39, 0.29) is 23.3 Å². The second kappa shape index (κ2) is 8.93. The Morgan fingerprint density at radius 3 is 2.40 bits per heavy atom. The van der Waals surface area contributed by atoms with Gasteiger partial charge < -0.3 is 5.73 Å². The van der Waals surface area contributed by atoms with Crippen LogP contribution >= 0.6 is 0 Å². The van der Waals surface area contributed by atoms with Crippen LogP contribution in [-0.4, -0.2) is 14.8 Å². The highest BCUT2D eigenvalue weighted by atomic mass is 15.1. The molecule has 0 saturated heterocycles. The van der Waals surface area contributed by atoms with E-state index in [0.717, 1.165) is 17.6 Å². The van der Waals surface area contributed by atoms with E-state index < -0.39 is 0 Å². The number of hydrogen-bond donors (Lipinski definition) is 2. The third-order valence-corrected chi connectivity index (χ3v) is 1.44. The molecule has 0 heterocycles. The van der Waals surface area contributed by atoms with Gasteiger partial charge in [-0.25, -0.2) is 0 Å². The lowest BCUT2D eigenvalue weighted by Crippen LogP contribution is -1.84. The monoisotopic (exact) mass is 205 g/mol. The van der Waals surface area contributed by atoms with Crippen LogP contribution in [-0.2, 0) is 0 Å². The van der Waals surface area contributed by atoms with Gasteiger partial charge in [0.2, 0.25) is 0 Å². The van der Waals surface area contributed by atoms with E-state index in [1.165, 1.54) is 0 Å². The van der Waals surface area contributed by atoms with Gasteiger partial charge in [0.1, 0.15) is 6.34 Å². The molecule has 0 aliphatic rings. The number of nitrogens with one attached hydrogen (secondary N) is 1. The predicted molar refractivity (Wildman–Crippen MR) is 68.1 cm³/mol. The third-order valence-electron chi connectivity index (χ3n) is 1.44. The van der Waals surface area contributed by atoms with Gasteiger partial charge in [0.05, 0.1) is 5.69 Å². The van der Waals surface area contributed by atoms with Crippen molar-refractivity contribution in [3.8, 4) is 0 Å². The molecule has 0 aliphatic heterocycles. The van der Waals surface area contributed by atoms with Gasteiger partial charge in [-0.2, -0.15) is 0 Å². The van der Waals surface area contributed by atoms with Crippen LogP contribution in [0.15, 0.2) is 28.4 Å². The molecule has 0 saturated carbocycles. The number of anilines is 1. The summed E-state index contributed by atoms with van der Waals surface area (Å²) in [6.07, 6.45) is 0.899. The van der Waals surface area contributed by atoms with Gasteiger partial charge in [0.15, 0.2) is 0 Å². The summed E-state index contributed by atoms with van der Waals surface area (Å²) in [7, 11) is 0. The molecule has 3 N–H and O–H groups in total. The lowest BCUT2D eigenvalue weighted by Gasteiger charge is -1.98. The summed E-state index contributed by atoms with van der Waals surface area (Å²) in [5, 5.41) is 13.9. The van der Waals surface area contributed by atoms with Crippen LogP contribution in [0.2, 0.25) is 0 Å². The summed E-state index contributed by atoms with van der Waals surface area (Å²) in [5.74, 6) is 0. The van der Waals surface area contributed by atoms with Crippen molar-refractivity contribution < 1.29 is 0 Å². The van der Waals surface area contributed by atoms with Crippen molar-refractivity contribution in [2.45, 2.75) is 21.8 Å². The fraction of sp³-hybridized carbons (Fsp3) is 0.300. The summed E-state index contributed by atoms with van der Waals surface area (Å²) in [4.78, 5) is 0. The molecule has 0 spiro atoms. The molecule has 3 radical (unpaired) electrons. The summed E-state index contributed by atoms with van der Waals surface area (Å²) in [5.41, 5.74) is 7.95. The van der Waals surface area contributed by atoms with Crippen molar-refractivity contribution in [2.24, 2.45) is 10.2 Å². The zero-order valence-corrected chi connectivity index (χ0v) is 7.36. The number of benzene rings is 1. The van der Waals surface area contributed by atoms with Gasteiger partial charge in [0, 0.05) is 14.1 Å². The van der Waals surface area contributed by atoms with Crippen LogP contribution in [0, 0.1) is 12.3 Å². The van der Waals surface area contributed by atoms with Gasteiger partial charge in [-0.15, -0.1) is 10.2 Å². The Balaban J connectivity index is -0.000000480. The highest BCUT2D eigenvalue weighted by Gasteiger charge is 1.95. The van der Waals surface area contributed by atoms with Gasteiger partial charge in [-0.05, 0) is 30.7 Å². The minimum absolute atomic E-state index is 0. The molecule has 0 bridgehead atoms. The maximum Gasteiger partial charge on any atom is 0.129 e. The van der Waals surface area contributed by atoms with Crippen LogP contribution in [0.3, 0.4) is 0 Å². The first-order chi connectivity index (χ1) is 5.74. The Hall–Kier alpha value is -1.65. The Morgan fingerprint density at radius 1 is 1.33 bits per heavy atom. The Kier molecular flexibility index (Phi) is 11.3. The zero-order chi connectivity index (χ0) is 8.97. The highest BCUT2D eigenvalue weighted by molar-refractivity contribution is 5.75. The molecule has 81 valence electrons. The molecule has 0 unspecified atom stereocenters. The zero-order valence-electron chi connectivity index (χ0n) is 7.36. The minimum atomic E-state index is 0. The fourth-order valence-corrected chi connectivity index (χ4v) is 0.882. The van der Waals surface area contributed by atoms with Gasteiger partial charge in [-0.3, -0.25) is 5.41 Å². The number of nitrogens with two attached hydrogens (primary N) is 1. The summed E-state index contributed by atoms with van der Waals surface area (Å²) in [6.45, 7) is 1.90. The smallest absolute Gasteiger partial charge is 0.129 e. The Morgan fingerprint density at radius 2 is 1.93 bits per heavy atom. The number of hydrogen-bond acceptors (Lipinski definition) is 3. The predicted octanol–water partition coefficient (Wildman–Crippen LogP) is 3.16. The molecule has 0 amide bonds. The van der Waals surface area contributed by atoms with Crippen molar-refractivity contribution in [3.05, 3.63) is 23.8 Å². The number of rotatable bonds is 2. The average molecular weight is 205 g/mol. The molecule has 15 heavy (non-hydrogen) atoms. The van der Waals surface area contributed by atoms with Crippen LogP contribution in [0.4, 0.5) is 11.4 Å². The Labute approximate surface area is 93.7 Å². The van der Waals surface area contributed by atoms with E-state index in [1.54, 1.807) is 12.1 Å². The van der Waals surface area contributed by atoms with E-state index in [1.807, 2.05) is 13.0 Å². The molecule has 0 fully saturated rings. The molecule has 4 nitrogen and oxygen atoms in total. The van der Waals surface area contributed by atoms with E-state index in [4.69, 9.17) is 11.1 Å². The molecule has 0 atom stereocenters. The number of nitrogen functional groups attached to an aromatic ring is 1. The number of nitrogens with zero attached hydrogens (tertiary/aromatic N) is 2. The normalized spacial score (nSPS) is 8.33. The van der Waals surface area contributed by atoms with Crippen LogP contribution in [0.1, 0.15) is 20.4 Å². The summed E-state index contributed by atoms with van der Waals surface area (Å²) < 4.78 is 0. The van der Waals surface area contributed by atoms with Crippen molar-refractivity contribution in [3.63, 3.8) is 0 Å². The number of azo groups is 1. The molecule has 1 aromatic rings. The second-order valence-corrected chi connectivity index (χ2v) is 2.39. The maximum atomic E-state index is 6.65. The Bertz CT molecular complexity index is 323. The molecule has 5 heteroatoms. The van der Waals surface area contributed by atoms with Gasteiger partial charge >= 0.3 is 0 Å². The summed E-state index contributed by atoms with van der Waals surface area (Å²) in [6, 6.07) is 5.35. The van der Waals surface area contributed by atoms with Crippen molar-refractivity contribution in [1.29, 1.82) is 5.41 Å².